The molecule has 0 saturated heterocycles. The van der Waals surface area contributed by atoms with Crippen LogP contribution in [-0.4, -0.2) is 17.3 Å². The first-order chi connectivity index (χ1) is 10.3. The number of nitrogens with one attached hydrogen (secondary N) is 2. The van der Waals surface area contributed by atoms with Gasteiger partial charge < -0.3 is 9.15 Å². The molecule has 6 heteroatoms. The van der Waals surface area contributed by atoms with Crippen LogP contribution in [0.4, 0.5) is 0 Å². The van der Waals surface area contributed by atoms with Crippen molar-refractivity contribution in [3.05, 3.63) is 52.9 Å². The summed E-state index contributed by atoms with van der Waals surface area (Å²) in [5.74, 6) is 0.802. The fraction of sp³-hybridized carbons (Fsp3) is 0.0625. The number of rotatable bonds is 2. The van der Waals surface area contributed by atoms with Gasteiger partial charge in [-0.05, 0) is 17.7 Å². The Morgan fingerprint density at radius 2 is 1.86 bits per heavy atom. The summed E-state index contributed by atoms with van der Waals surface area (Å²) in [6.07, 6.45) is 1.66. The van der Waals surface area contributed by atoms with Crippen molar-refractivity contribution in [2.24, 2.45) is 0 Å². The standard InChI is InChI=1S/C16H12N2O3.ClH/c1-20-11-4-2-9(3-5-11)12-8-21-14-7-10(19)6-13-15(14)16(12)18-17-13;/h2-8,17-18H,1H3;1H. The first-order valence-electron chi connectivity index (χ1n) is 6.52. The number of methoxy groups -OCH3 is 1. The Kier molecular flexibility index (Phi) is 3.42. The average molecular weight is 317 g/mol. The van der Waals surface area contributed by atoms with Crippen molar-refractivity contribution in [2.75, 3.05) is 7.11 Å². The van der Waals surface area contributed by atoms with E-state index in [1.165, 1.54) is 6.07 Å². The molecule has 0 spiro atoms. The summed E-state index contributed by atoms with van der Waals surface area (Å²) in [4.78, 5) is 11.6. The minimum atomic E-state index is -0.0828. The number of hydrogen-bond donors (Lipinski definition) is 2. The molecule has 0 atom stereocenters. The van der Waals surface area contributed by atoms with Gasteiger partial charge in [0.15, 0.2) is 5.43 Å². The first-order valence-corrected chi connectivity index (χ1v) is 6.52. The van der Waals surface area contributed by atoms with E-state index in [9.17, 15) is 4.79 Å². The van der Waals surface area contributed by atoms with E-state index in [1.54, 1.807) is 19.4 Å². The number of hydrogen-bond acceptors (Lipinski definition) is 3. The minimum Gasteiger partial charge on any atom is -0.497 e. The van der Waals surface area contributed by atoms with Crippen molar-refractivity contribution >= 4 is 34.4 Å². The largest absolute Gasteiger partial charge is 0.497 e. The van der Waals surface area contributed by atoms with Gasteiger partial charge >= 0.3 is 0 Å². The van der Waals surface area contributed by atoms with E-state index in [-0.39, 0.29) is 17.8 Å². The van der Waals surface area contributed by atoms with E-state index in [0.29, 0.717) is 5.58 Å². The summed E-state index contributed by atoms with van der Waals surface area (Å²) >= 11 is 0. The molecule has 4 aromatic rings. The highest BCUT2D eigenvalue weighted by atomic mass is 35.5. The van der Waals surface area contributed by atoms with Crippen LogP contribution < -0.4 is 10.2 Å². The lowest BCUT2D eigenvalue weighted by Crippen LogP contribution is -1.95. The van der Waals surface area contributed by atoms with Crippen molar-refractivity contribution in [2.45, 2.75) is 0 Å². The number of ether oxygens (including phenoxy) is 1. The number of H-pyrrole nitrogens is 2. The van der Waals surface area contributed by atoms with Crippen LogP contribution in [-0.2, 0) is 0 Å². The van der Waals surface area contributed by atoms with Crippen LogP contribution in [0.1, 0.15) is 0 Å². The molecule has 0 amide bonds. The first kappa shape index (κ1) is 14.3. The maximum absolute atomic E-state index is 11.6. The summed E-state index contributed by atoms with van der Waals surface area (Å²) in [6, 6.07) is 10.8. The predicted molar refractivity (Wildman–Crippen MR) is 87.9 cm³/mol. The van der Waals surface area contributed by atoms with Crippen LogP contribution in [0, 0.1) is 0 Å². The highest BCUT2D eigenvalue weighted by Crippen LogP contribution is 2.32. The SMILES string of the molecule is COc1ccc(-c2coc3cc(=O)cc4[nH][nH]c2c43)cc1.Cl. The highest BCUT2D eigenvalue weighted by Gasteiger charge is 2.13. The molecule has 0 aliphatic rings. The number of aromatic nitrogens is 2. The Bertz CT molecular complexity index is 996. The summed E-state index contributed by atoms with van der Waals surface area (Å²) in [5.41, 5.74) is 4.07. The van der Waals surface area contributed by atoms with Gasteiger partial charge in [-0.2, -0.15) is 0 Å². The Balaban J connectivity index is 0.00000144. The van der Waals surface area contributed by atoms with Crippen LogP contribution in [0.15, 0.2) is 51.9 Å². The molecule has 0 fully saturated rings. The van der Waals surface area contributed by atoms with Crippen LogP contribution in [0.2, 0.25) is 0 Å². The van der Waals surface area contributed by atoms with Gasteiger partial charge in [0, 0.05) is 17.7 Å². The third-order valence-electron chi connectivity index (χ3n) is 3.62. The molecule has 5 nitrogen and oxygen atoms in total. The van der Waals surface area contributed by atoms with Gasteiger partial charge in [0.25, 0.3) is 0 Å². The number of halogens is 1. The zero-order chi connectivity index (χ0) is 14.4. The Hall–Kier alpha value is -2.66. The Morgan fingerprint density at radius 3 is 2.59 bits per heavy atom. The predicted octanol–water partition coefficient (Wildman–Crippen LogP) is 3.70. The lowest BCUT2D eigenvalue weighted by atomic mass is 10.0. The van der Waals surface area contributed by atoms with Crippen LogP contribution in [0.5, 0.6) is 5.75 Å². The van der Waals surface area contributed by atoms with Crippen molar-refractivity contribution in [3.63, 3.8) is 0 Å². The minimum absolute atomic E-state index is 0. The normalized spacial score (nSPS) is 10.8. The average Bonchev–Trinajstić information content (AvgIpc) is 2.93. The van der Waals surface area contributed by atoms with E-state index in [4.69, 9.17) is 9.15 Å². The zero-order valence-corrected chi connectivity index (χ0v) is 12.5. The molecule has 0 radical (unpaired) electrons. The van der Waals surface area contributed by atoms with Gasteiger partial charge in [-0.25, -0.2) is 0 Å². The summed E-state index contributed by atoms with van der Waals surface area (Å²) in [6.45, 7) is 0. The molecule has 112 valence electrons. The van der Waals surface area contributed by atoms with Gasteiger partial charge in [-0.3, -0.25) is 15.0 Å². The van der Waals surface area contributed by atoms with Crippen LogP contribution in [0.25, 0.3) is 33.1 Å². The van der Waals surface area contributed by atoms with Crippen LogP contribution >= 0.6 is 12.4 Å². The summed E-state index contributed by atoms with van der Waals surface area (Å²) in [5, 5.41) is 7.02. The molecular formula is C16H13ClN2O3. The third-order valence-corrected chi connectivity index (χ3v) is 3.62. The molecule has 0 unspecified atom stereocenters. The molecule has 2 N–H and O–H groups in total. The van der Waals surface area contributed by atoms with E-state index >= 15 is 0 Å². The topological polar surface area (TPSA) is 71.0 Å². The highest BCUT2D eigenvalue weighted by molar-refractivity contribution is 6.09. The number of benzene rings is 2. The third kappa shape index (κ3) is 2.07. The fourth-order valence-corrected chi connectivity index (χ4v) is 2.60. The van der Waals surface area contributed by atoms with Crippen molar-refractivity contribution in [1.29, 1.82) is 0 Å². The van der Waals surface area contributed by atoms with E-state index in [2.05, 4.69) is 10.2 Å². The molecule has 0 aliphatic heterocycles. The van der Waals surface area contributed by atoms with Crippen molar-refractivity contribution < 1.29 is 9.15 Å². The molecule has 0 bridgehead atoms. The van der Waals surface area contributed by atoms with Crippen molar-refractivity contribution in [1.82, 2.24) is 10.2 Å². The maximum Gasteiger partial charge on any atom is 0.184 e. The second-order valence-electron chi connectivity index (χ2n) is 4.85. The van der Waals surface area contributed by atoms with Crippen molar-refractivity contribution in [3.8, 4) is 16.9 Å². The fourth-order valence-electron chi connectivity index (χ4n) is 2.60. The van der Waals surface area contributed by atoms with E-state index in [1.807, 2.05) is 24.3 Å². The van der Waals surface area contributed by atoms with Gasteiger partial charge in [0.2, 0.25) is 0 Å². The molecule has 22 heavy (non-hydrogen) atoms. The van der Waals surface area contributed by atoms with Gasteiger partial charge in [-0.1, -0.05) is 12.1 Å². The quantitative estimate of drug-likeness (QED) is 0.592. The van der Waals surface area contributed by atoms with E-state index < -0.39 is 0 Å². The molecule has 2 aromatic heterocycles. The van der Waals surface area contributed by atoms with Crippen LogP contribution in [0.3, 0.4) is 0 Å². The molecule has 0 saturated carbocycles. The lowest BCUT2D eigenvalue weighted by Gasteiger charge is -2.05. The Morgan fingerprint density at radius 1 is 1.09 bits per heavy atom. The lowest BCUT2D eigenvalue weighted by molar-refractivity contribution is 0.415. The van der Waals surface area contributed by atoms with Gasteiger partial charge in [-0.15, -0.1) is 12.4 Å². The molecule has 0 aliphatic carbocycles. The van der Waals surface area contributed by atoms with Gasteiger partial charge in [0.1, 0.15) is 17.6 Å². The maximum atomic E-state index is 11.6. The van der Waals surface area contributed by atoms with E-state index in [0.717, 1.165) is 33.3 Å². The second-order valence-corrected chi connectivity index (χ2v) is 4.85. The molecule has 4 rings (SSSR count). The second kappa shape index (κ2) is 5.27. The summed E-state index contributed by atoms with van der Waals surface area (Å²) < 4.78 is 10.8. The Labute approximate surface area is 131 Å². The smallest absolute Gasteiger partial charge is 0.184 e. The molecule has 2 heterocycles. The molecular weight excluding hydrogens is 304 g/mol. The number of aromatic amines is 2. The molecule has 2 aromatic carbocycles. The zero-order valence-electron chi connectivity index (χ0n) is 11.7. The van der Waals surface area contributed by atoms with Gasteiger partial charge in [0.05, 0.1) is 23.5 Å². The summed E-state index contributed by atoms with van der Waals surface area (Å²) in [7, 11) is 1.64. The monoisotopic (exact) mass is 316 g/mol.